The SMILES string of the molecule is Cc1nc(C/C(N)=N/OCCOc2ccccc2Cl)cs1. The molecule has 0 fully saturated rings. The highest BCUT2D eigenvalue weighted by molar-refractivity contribution is 7.09. The maximum atomic E-state index is 5.96. The van der Waals surface area contributed by atoms with Gasteiger partial charge in [0.05, 0.1) is 22.1 Å². The van der Waals surface area contributed by atoms with Gasteiger partial charge in [-0.15, -0.1) is 11.3 Å². The maximum absolute atomic E-state index is 5.96. The van der Waals surface area contributed by atoms with Crippen LogP contribution in [0.25, 0.3) is 0 Å². The number of amidine groups is 1. The van der Waals surface area contributed by atoms with Gasteiger partial charge in [-0.25, -0.2) is 4.98 Å². The minimum absolute atomic E-state index is 0.294. The van der Waals surface area contributed by atoms with Crippen molar-refractivity contribution in [2.45, 2.75) is 13.3 Å². The number of rotatable bonds is 7. The van der Waals surface area contributed by atoms with Crippen molar-refractivity contribution in [3.8, 4) is 5.75 Å². The molecule has 112 valence electrons. The second kappa shape index (κ2) is 7.85. The zero-order chi connectivity index (χ0) is 15.1. The molecule has 0 saturated heterocycles. The van der Waals surface area contributed by atoms with Crippen LogP contribution in [0.5, 0.6) is 5.75 Å². The summed E-state index contributed by atoms with van der Waals surface area (Å²) in [6.45, 7) is 2.59. The highest BCUT2D eigenvalue weighted by Gasteiger charge is 2.02. The molecule has 2 N–H and O–H groups in total. The molecular formula is C14H16ClN3O2S. The van der Waals surface area contributed by atoms with E-state index in [1.54, 1.807) is 23.5 Å². The van der Waals surface area contributed by atoms with Gasteiger partial charge in [-0.1, -0.05) is 28.9 Å². The quantitative estimate of drug-likeness (QED) is 0.368. The van der Waals surface area contributed by atoms with Crippen LogP contribution < -0.4 is 10.5 Å². The molecule has 21 heavy (non-hydrogen) atoms. The number of hydrogen-bond acceptors (Lipinski definition) is 5. The zero-order valence-electron chi connectivity index (χ0n) is 11.6. The molecule has 0 bridgehead atoms. The lowest BCUT2D eigenvalue weighted by molar-refractivity contribution is 0.106. The van der Waals surface area contributed by atoms with E-state index in [1.807, 2.05) is 24.4 Å². The Morgan fingerprint density at radius 3 is 2.90 bits per heavy atom. The third kappa shape index (κ3) is 5.24. The van der Waals surface area contributed by atoms with E-state index in [0.717, 1.165) is 10.7 Å². The van der Waals surface area contributed by atoms with E-state index in [-0.39, 0.29) is 0 Å². The molecule has 0 aliphatic rings. The lowest BCUT2D eigenvalue weighted by Crippen LogP contribution is -2.16. The topological polar surface area (TPSA) is 69.7 Å². The van der Waals surface area contributed by atoms with E-state index in [0.29, 0.717) is 36.2 Å². The lowest BCUT2D eigenvalue weighted by atomic mass is 10.3. The van der Waals surface area contributed by atoms with Crippen molar-refractivity contribution in [1.29, 1.82) is 0 Å². The molecule has 5 nitrogen and oxygen atoms in total. The highest BCUT2D eigenvalue weighted by Crippen LogP contribution is 2.22. The van der Waals surface area contributed by atoms with Crippen molar-refractivity contribution in [3.63, 3.8) is 0 Å². The van der Waals surface area contributed by atoms with E-state index in [4.69, 9.17) is 26.9 Å². The van der Waals surface area contributed by atoms with Crippen LogP contribution >= 0.6 is 22.9 Å². The fraction of sp³-hybridized carbons (Fsp3) is 0.286. The van der Waals surface area contributed by atoms with Crippen LogP contribution in [-0.2, 0) is 11.3 Å². The molecule has 1 aromatic carbocycles. The van der Waals surface area contributed by atoms with Gasteiger partial charge in [-0.3, -0.25) is 0 Å². The van der Waals surface area contributed by atoms with Gasteiger partial charge in [-0.05, 0) is 19.1 Å². The standard InChI is InChI=1S/C14H16ClN3O2S/c1-10-17-11(9-21-10)8-14(16)18-20-7-6-19-13-5-3-2-4-12(13)15/h2-5,9H,6-8H2,1H3,(H2,16,18). The molecule has 0 radical (unpaired) electrons. The average molecular weight is 326 g/mol. The van der Waals surface area contributed by atoms with Crippen molar-refractivity contribution >= 4 is 28.8 Å². The van der Waals surface area contributed by atoms with Gasteiger partial charge in [0, 0.05) is 5.38 Å². The number of aromatic nitrogens is 1. The molecule has 0 aliphatic carbocycles. The van der Waals surface area contributed by atoms with Crippen LogP contribution in [0.15, 0.2) is 34.8 Å². The number of halogens is 1. The molecule has 0 spiro atoms. The third-order valence-electron chi connectivity index (χ3n) is 2.48. The van der Waals surface area contributed by atoms with Crippen molar-refractivity contribution in [3.05, 3.63) is 45.4 Å². The van der Waals surface area contributed by atoms with E-state index < -0.39 is 0 Å². The summed E-state index contributed by atoms with van der Waals surface area (Å²) in [5, 5.41) is 7.36. The van der Waals surface area contributed by atoms with Gasteiger partial charge >= 0.3 is 0 Å². The number of aryl methyl sites for hydroxylation is 1. The van der Waals surface area contributed by atoms with Crippen molar-refractivity contribution in [2.24, 2.45) is 10.9 Å². The van der Waals surface area contributed by atoms with Crippen LogP contribution in [0.2, 0.25) is 5.02 Å². The second-order valence-corrected chi connectivity index (χ2v) is 5.70. The average Bonchev–Trinajstić information content (AvgIpc) is 2.85. The van der Waals surface area contributed by atoms with Gasteiger partial charge in [0.1, 0.15) is 18.2 Å². The Labute approximate surface area is 132 Å². The first kappa shape index (κ1) is 15.6. The summed E-state index contributed by atoms with van der Waals surface area (Å²) in [5.41, 5.74) is 6.66. The number of nitrogens with zero attached hydrogens (tertiary/aromatic N) is 2. The predicted octanol–water partition coefficient (Wildman–Crippen LogP) is 3.02. The monoisotopic (exact) mass is 325 g/mol. The number of para-hydroxylation sites is 1. The van der Waals surface area contributed by atoms with Gasteiger partial charge in [0.2, 0.25) is 0 Å². The van der Waals surface area contributed by atoms with Crippen molar-refractivity contribution in [2.75, 3.05) is 13.2 Å². The van der Waals surface area contributed by atoms with E-state index in [9.17, 15) is 0 Å². The van der Waals surface area contributed by atoms with Gasteiger partial charge < -0.3 is 15.3 Å². The number of benzene rings is 1. The van der Waals surface area contributed by atoms with Crippen LogP contribution in [0, 0.1) is 6.92 Å². The highest BCUT2D eigenvalue weighted by atomic mass is 35.5. The first-order valence-corrected chi connectivity index (χ1v) is 7.63. The number of oxime groups is 1. The van der Waals surface area contributed by atoms with E-state index in [2.05, 4.69) is 10.1 Å². The Hall–Kier alpha value is -1.79. The Morgan fingerprint density at radius 1 is 1.38 bits per heavy atom. The molecule has 2 aromatic rings. The minimum atomic E-state index is 0.294. The number of hydrogen-bond donors (Lipinski definition) is 1. The molecule has 7 heteroatoms. The maximum Gasteiger partial charge on any atom is 0.151 e. The Morgan fingerprint density at radius 2 is 2.19 bits per heavy atom. The summed E-state index contributed by atoms with van der Waals surface area (Å²) < 4.78 is 5.46. The summed E-state index contributed by atoms with van der Waals surface area (Å²) in [5.74, 6) is 1.01. The fourth-order valence-electron chi connectivity index (χ4n) is 1.59. The van der Waals surface area contributed by atoms with Crippen LogP contribution in [0.4, 0.5) is 0 Å². The summed E-state index contributed by atoms with van der Waals surface area (Å²) in [6, 6.07) is 7.26. The largest absolute Gasteiger partial charge is 0.488 e. The molecule has 1 aromatic heterocycles. The van der Waals surface area contributed by atoms with Gasteiger partial charge in [0.15, 0.2) is 6.61 Å². The second-order valence-electron chi connectivity index (χ2n) is 4.23. The first-order chi connectivity index (χ1) is 10.1. The Kier molecular flexibility index (Phi) is 5.83. The van der Waals surface area contributed by atoms with Crippen molar-refractivity contribution in [1.82, 2.24) is 4.98 Å². The smallest absolute Gasteiger partial charge is 0.151 e. The summed E-state index contributed by atoms with van der Waals surface area (Å²) in [6.07, 6.45) is 0.482. The number of thiazole rings is 1. The van der Waals surface area contributed by atoms with Gasteiger partial charge in [-0.2, -0.15) is 0 Å². The number of nitrogens with two attached hydrogens (primary N) is 1. The van der Waals surface area contributed by atoms with Gasteiger partial charge in [0.25, 0.3) is 0 Å². The zero-order valence-corrected chi connectivity index (χ0v) is 13.2. The van der Waals surface area contributed by atoms with Crippen LogP contribution in [-0.4, -0.2) is 24.0 Å². The molecule has 0 unspecified atom stereocenters. The normalized spacial score (nSPS) is 11.4. The van der Waals surface area contributed by atoms with Crippen LogP contribution in [0.3, 0.4) is 0 Å². The summed E-state index contributed by atoms with van der Waals surface area (Å²) in [4.78, 5) is 9.41. The first-order valence-electron chi connectivity index (χ1n) is 6.38. The molecule has 1 heterocycles. The third-order valence-corrected chi connectivity index (χ3v) is 3.61. The van der Waals surface area contributed by atoms with Crippen molar-refractivity contribution < 1.29 is 9.57 Å². The fourth-order valence-corrected chi connectivity index (χ4v) is 2.39. The molecular weight excluding hydrogens is 310 g/mol. The Balaban J connectivity index is 1.69. The summed E-state index contributed by atoms with van der Waals surface area (Å²) in [7, 11) is 0. The minimum Gasteiger partial charge on any atom is -0.488 e. The number of ether oxygens (including phenoxy) is 1. The molecule has 0 atom stereocenters. The predicted molar refractivity (Wildman–Crippen MR) is 85.1 cm³/mol. The summed E-state index contributed by atoms with van der Waals surface area (Å²) >= 11 is 7.54. The molecule has 0 amide bonds. The lowest BCUT2D eigenvalue weighted by Gasteiger charge is -2.06. The van der Waals surface area contributed by atoms with E-state index in [1.165, 1.54) is 0 Å². The van der Waals surface area contributed by atoms with E-state index >= 15 is 0 Å². The Bertz CT molecular complexity index is 616. The molecule has 2 rings (SSSR count). The molecule has 0 aliphatic heterocycles. The molecule has 0 saturated carbocycles. The van der Waals surface area contributed by atoms with Crippen LogP contribution in [0.1, 0.15) is 10.7 Å².